The summed E-state index contributed by atoms with van der Waals surface area (Å²) in [5, 5.41) is 4.96. The lowest BCUT2D eigenvalue weighted by Gasteiger charge is -2.06. The van der Waals surface area contributed by atoms with Crippen molar-refractivity contribution >= 4 is 28.4 Å². The molecule has 3 rings (SSSR count). The van der Waals surface area contributed by atoms with Gasteiger partial charge >= 0.3 is 0 Å². The summed E-state index contributed by atoms with van der Waals surface area (Å²) >= 11 is 1.73. The molecule has 0 unspecified atom stereocenters. The Morgan fingerprint density at radius 2 is 2.37 bits per heavy atom. The molecular formula is C12H13N5OS. The Morgan fingerprint density at radius 3 is 3.16 bits per heavy atom. The summed E-state index contributed by atoms with van der Waals surface area (Å²) in [6, 6.07) is 4.13. The highest BCUT2D eigenvalue weighted by Gasteiger charge is 2.10. The minimum atomic E-state index is 0.505. The predicted octanol–water partition coefficient (Wildman–Crippen LogP) is 2.08. The molecule has 0 radical (unpaired) electrons. The Hall–Kier alpha value is -2.15. The lowest BCUT2D eigenvalue weighted by Crippen LogP contribution is -2.05. The molecule has 0 saturated carbocycles. The van der Waals surface area contributed by atoms with E-state index in [0.29, 0.717) is 24.1 Å². The molecule has 0 aromatic carbocycles. The van der Waals surface area contributed by atoms with Crippen LogP contribution in [0.2, 0.25) is 0 Å². The van der Waals surface area contributed by atoms with Gasteiger partial charge in [0.2, 0.25) is 11.8 Å². The van der Waals surface area contributed by atoms with Crippen LogP contribution in [0.25, 0.3) is 11.2 Å². The molecule has 0 saturated heterocycles. The number of aromatic amines is 1. The van der Waals surface area contributed by atoms with Gasteiger partial charge in [0.1, 0.15) is 5.52 Å². The average Bonchev–Trinajstić information content (AvgIpc) is 3.08. The van der Waals surface area contributed by atoms with Crippen LogP contribution in [0.15, 0.2) is 23.8 Å². The summed E-state index contributed by atoms with van der Waals surface area (Å²) in [5.74, 6) is 1.04. The Balaban J connectivity index is 1.77. The van der Waals surface area contributed by atoms with Crippen LogP contribution in [-0.4, -0.2) is 33.6 Å². The Labute approximate surface area is 113 Å². The third kappa shape index (κ3) is 2.50. The van der Waals surface area contributed by atoms with E-state index in [-0.39, 0.29) is 0 Å². The smallest absolute Gasteiger partial charge is 0.245 e. The van der Waals surface area contributed by atoms with Crippen molar-refractivity contribution in [2.24, 2.45) is 0 Å². The molecule has 0 aliphatic carbocycles. The Bertz CT molecular complexity index is 664. The van der Waals surface area contributed by atoms with Crippen LogP contribution in [0.3, 0.4) is 0 Å². The van der Waals surface area contributed by atoms with Gasteiger partial charge in [0, 0.05) is 18.3 Å². The second kappa shape index (κ2) is 5.23. The standard InChI is InChI=1S/C12H13N5OS/c1-13-12-16-10-9(14-7-15-10)11(17-12)18-5-4-8-3-2-6-19-8/h2-3,6-7H,4-5H2,1H3,(H2,13,14,15,16,17). The topological polar surface area (TPSA) is 75.7 Å². The zero-order chi connectivity index (χ0) is 13.1. The molecule has 3 aromatic rings. The van der Waals surface area contributed by atoms with Crippen molar-refractivity contribution in [3.05, 3.63) is 28.7 Å². The molecule has 3 aromatic heterocycles. The summed E-state index contributed by atoms with van der Waals surface area (Å²) in [7, 11) is 1.77. The molecule has 0 spiro atoms. The molecule has 7 heteroatoms. The van der Waals surface area contributed by atoms with E-state index in [1.807, 2.05) is 6.07 Å². The minimum absolute atomic E-state index is 0.505. The van der Waals surface area contributed by atoms with Crippen LogP contribution in [0.5, 0.6) is 5.88 Å². The summed E-state index contributed by atoms with van der Waals surface area (Å²) in [6.45, 7) is 0.578. The first-order chi connectivity index (χ1) is 9.36. The number of hydrogen-bond donors (Lipinski definition) is 2. The monoisotopic (exact) mass is 275 g/mol. The zero-order valence-corrected chi connectivity index (χ0v) is 11.2. The lowest BCUT2D eigenvalue weighted by atomic mass is 10.4. The highest BCUT2D eigenvalue weighted by molar-refractivity contribution is 7.09. The molecule has 2 N–H and O–H groups in total. The summed E-state index contributed by atoms with van der Waals surface area (Å²) in [5.41, 5.74) is 1.33. The van der Waals surface area contributed by atoms with E-state index in [9.17, 15) is 0 Å². The molecule has 0 fully saturated rings. The second-order valence-electron chi connectivity index (χ2n) is 3.88. The van der Waals surface area contributed by atoms with Gasteiger partial charge in [-0.3, -0.25) is 0 Å². The number of nitrogens with zero attached hydrogens (tertiary/aromatic N) is 3. The molecular weight excluding hydrogens is 262 g/mol. The first-order valence-corrected chi connectivity index (χ1v) is 6.79. The fraction of sp³-hybridized carbons (Fsp3) is 0.250. The van der Waals surface area contributed by atoms with Crippen LogP contribution in [0, 0.1) is 0 Å². The number of hydrogen-bond acceptors (Lipinski definition) is 6. The number of imidazole rings is 1. The van der Waals surface area contributed by atoms with Crippen molar-refractivity contribution in [1.82, 2.24) is 19.9 Å². The van der Waals surface area contributed by atoms with E-state index in [2.05, 4.69) is 36.7 Å². The van der Waals surface area contributed by atoms with Crippen molar-refractivity contribution < 1.29 is 4.74 Å². The highest BCUT2D eigenvalue weighted by atomic mass is 32.1. The third-order valence-electron chi connectivity index (χ3n) is 2.64. The van der Waals surface area contributed by atoms with Crippen LogP contribution >= 0.6 is 11.3 Å². The van der Waals surface area contributed by atoms with Crippen molar-refractivity contribution in [2.45, 2.75) is 6.42 Å². The van der Waals surface area contributed by atoms with Crippen LogP contribution in [0.1, 0.15) is 4.88 Å². The van der Waals surface area contributed by atoms with Gasteiger partial charge in [-0.25, -0.2) is 4.98 Å². The first-order valence-electron chi connectivity index (χ1n) is 5.91. The maximum Gasteiger partial charge on any atom is 0.245 e. The molecule has 6 nitrogen and oxygen atoms in total. The minimum Gasteiger partial charge on any atom is -0.476 e. The molecule has 0 aliphatic heterocycles. The number of anilines is 1. The molecule has 0 aliphatic rings. The number of fused-ring (bicyclic) bond motifs is 1. The van der Waals surface area contributed by atoms with Crippen LogP contribution < -0.4 is 10.1 Å². The van der Waals surface area contributed by atoms with Gasteiger partial charge in [-0.15, -0.1) is 11.3 Å². The van der Waals surface area contributed by atoms with Crippen molar-refractivity contribution in [3.63, 3.8) is 0 Å². The lowest BCUT2D eigenvalue weighted by molar-refractivity contribution is 0.314. The van der Waals surface area contributed by atoms with Crippen molar-refractivity contribution in [3.8, 4) is 5.88 Å². The maximum absolute atomic E-state index is 5.74. The predicted molar refractivity (Wildman–Crippen MR) is 74.7 cm³/mol. The third-order valence-corrected chi connectivity index (χ3v) is 3.58. The summed E-state index contributed by atoms with van der Waals surface area (Å²) in [6.07, 6.45) is 2.46. The van der Waals surface area contributed by atoms with Gasteiger partial charge in [0.25, 0.3) is 0 Å². The second-order valence-corrected chi connectivity index (χ2v) is 4.91. The van der Waals surface area contributed by atoms with Gasteiger partial charge in [-0.2, -0.15) is 9.97 Å². The molecule has 0 atom stereocenters. The van der Waals surface area contributed by atoms with E-state index in [1.54, 1.807) is 24.7 Å². The van der Waals surface area contributed by atoms with Gasteiger partial charge in [0.05, 0.1) is 12.9 Å². The highest BCUT2D eigenvalue weighted by Crippen LogP contribution is 2.21. The maximum atomic E-state index is 5.74. The van der Waals surface area contributed by atoms with E-state index in [1.165, 1.54) is 4.88 Å². The largest absolute Gasteiger partial charge is 0.476 e. The number of rotatable bonds is 5. The van der Waals surface area contributed by atoms with Gasteiger partial charge in [-0.05, 0) is 11.4 Å². The zero-order valence-electron chi connectivity index (χ0n) is 10.4. The fourth-order valence-electron chi connectivity index (χ4n) is 1.73. The number of thiophene rings is 1. The molecule has 19 heavy (non-hydrogen) atoms. The first kappa shape index (κ1) is 11.9. The van der Waals surface area contributed by atoms with E-state index < -0.39 is 0 Å². The average molecular weight is 275 g/mol. The van der Waals surface area contributed by atoms with E-state index >= 15 is 0 Å². The van der Waals surface area contributed by atoms with Crippen molar-refractivity contribution in [1.29, 1.82) is 0 Å². The number of aromatic nitrogens is 4. The van der Waals surface area contributed by atoms with E-state index in [4.69, 9.17) is 4.74 Å². The van der Waals surface area contributed by atoms with Crippen molar-refractivity contribution in [2.75, 3.05) is 19.0 Å². The Kier molecular flexibility index (Phi) is 3.28. The Morgan fingerprint density at radius 1 is 1.42 bits per heavy atom. The number of nitrogens with one attached hydrogen (secondary N) is 2. The SMILES string of the molecule is CNc1nc(OCCc2cccs2)c2[nH]cnc2n1. The molecule has 98 valence electrons. The number of ether oxygens (including phenoxy) is 1. The van der Waals surface area contributed by atoms with Gasteiger partial charge in [0.15, 0.2) is 5.65 Å². The van der Waals surface area contributed by atoms with E-state index in [0.717, 1.165) is 11.9 Å². The molecule has 0 bridgehead atoms. The normalized spacial score (nSPS) is 10.8. The molecule has 3 heterocycles. The number of H-pyrrole nitrogens is 1. The quantitative estimate of drug-likeness (QED) is 0.745. The van der Waals surface area contributed by atoms with Gasteiger partial charge in [-0.1, -0.05) is 6.07 Å². The molecule has 0 amide bonds. The summed E-state index contributed by atoms with van der Waals surface area (Å²) < 4.78 is 5.74. The van der Waals surface area contributed by atoms with Crippen LogP contribution in [-0.2, 0) is 6.42 Å². The fourth-order valence-corrected chi connectivity index (χ4v) is 2.42. The van der Waals surface area contributed by atoms with Gasteiger partial charge < -0.3 is 15.0 Å². The summed E-state index contributed by atoms with van der Waals surface area (Å²) in [4.78, 5) is 16.9. The van der Waals surface area contributed by atoms with Crippen LogP contribution in [0.4, 0.5) is 5.95 Å².